The van der Waals surface area contributed by atoms with Gasteiger partial charge in [0.1, 0.15) is 0 Å². The second kappa shape index (κ2) is 6.21. The molecule has 0 fully saturated rings. The Morgan fingerprint density at radius 2 is 2.12 bits per heavy atom. The number of carbonyl (C=O) groups excluding carboxylic acids is 1. The number of methoxy groups -OCH3 is 1. The van der Waals surface area contributed by atoms with Gasteiger partial charge in [-0.3, -0.25) is 10.1 Å². The molecule has 17 heavy (non-hydrogen) atoms. The first-order chi connectivity index (χ1) is 8.06. The van der Waals surface area contributed by atoms with Crippen LogP contribution in [-0.4, -0.2) is 40.8 Å². The van der Waals surface area contributed by atoms with E-state index in [-0.39, 0.29) is 30.9 Å². The maximum atomic E-state index is 11.6. The van der Waals surface area contributed by atoms with E-state index in [0.29, 0.717) is 0 Å². The molecule has 0 aliphatic carbocycles. The zero-order chi connectivity index (χ0) is 12.8. The van der Waals surface area contributed by atoms with Crippen molar-refractivity contribution in [3.63, 3.8) is 0 Å². The minimum atomic E-state index is -0.297. The molecule has 1 amide bonds. The summed E-state index contributed by atoms with van der Waals surface area (Å²) < 4.78 is 5.01. The van der Waals surface area contributed by atoms with Gasteiger partial charge in [0.25, 0.3) is 0 Å². The fourth-order valence-corrected chi connectivity index (χ4v) is 1.16. The molecule has 0 aliphatic rings. The van der Waals surface area contributed by atoms with E-state index >= 15 is 0 Å². The Balaban J connectivity index is 2.58. The molecule has 0 spiro atoms. The van der Waals surface area contributed by atoms with E-state index in [2.05, 4.69) is 20.5 Å². The van der Waals surface area contributed by atoms with E-state index in [0.717, 1.165) is 11.4 Å². The number of aromatic nitrogens is 3. The van der Waals surface area contributed by atoms with E-state index in [1.807, 2.05) is 0 Å². The van der Waals surface area contributed by atoms with Crippen molar-refractivity contribution in [1.82, 2.24) is 15.2 Å². The standard InChI is InChI=1S/C10H17N5O2/c1-6-7(2)14-15-10(12-6)13-9(16)4-8(5-11)17-3/h8H,4-5,11H2,1-3H3,(H,12,13,15,16). The van der Waals surface area contributed by atoms with E-state index in [4.69, 9.17) is 10.5 Å². The zero-order valence-corrected chi connectivity index (χ0v) is 10.2. The largest absolute Gasteiger partial charge is 0.380 e. The normalized spacial score (nSPS) is 12.2. The average molecular weight is 239 g/mol. The second-order valence-electron chi connectivity index (χ2n) is 3.65. The minimum absolute atomic E-state index is 0.170. The summed E-state index contributed by atoms with van der Waals surface area (Å²) in [7, 11) is 1.51. The predicted octanol–water partition coefficient (Wildman–Crippen LogP) is -0.209. The summed E-state index contributed by atoms with van der Waals surface area (Å²) in [6, 6.07) is 0. The number of nitrogens with two attached hydrogens (primary N) is 1. The van der Waals surface area contributed by atoms with Crippen molar-refractivity contribution in [2.75, 3.05) is 19.0 Å². The van der Waals surface area contributed by atoms with Crippen molar-refractivity contribution < 1.29 is 9.53 Å². The van der Waals surface area contributed by atoms with Crippen molar-refractivity contribution in [2.24, 2.45) is 5.73 Å². The van der Waals surface area contributed by atoms with Gasteiger partial charge < -0.3 is 10.5 Å². The fraction of sp³-hybridized carbons (Fsp3) is 0.600. The fourth-order valence-electron chi connectivity index (χ4n) is 1.16. The van der Waals surface area contributed by atoms with E-state index in [1.54, 1.807) is 13.8 Å². The lowest BCUT2D eigenvalue weighted by molar-refractivity contribution is -0.118. The highest BCUT2D eigenvalue weighted by atomic mass is 16.5. The van der Waals surface area contributed by atoms with E-state index < -0.39 is 0 Å². The van der Waals surface area contributed by atoms with Crippen LogP contribution in [0.15, 0.2) is 0 Å². The average Bonchev–Trinajstić information content (AvgIpc) is 2.31. The number of ether oxygens (including phenoxy) is 1. The highest BCUT2D eigenvalue weighted by molar-refractivity contribution is 5.89. The first-order valence-electron chi connectivity index (χ1n) is 5.27. The van der Waals surface area contributed by atoms with E-state index in [9.17, 15) is 4.79 Å². The van der Waals surface area contributed by atoms with Crippen molar-refractivity contribution in [2.45, 2.75) is 26.4 Å². The third-order valence-electron chi connectivity index (χ3n) is 2.35. The Hall–Kier alpha value is -1.60. The summed E-state index contributed by atoms with van der Waals surface area (Å²) in [5, 5.41) is 10.2. The summed E-state index contributed by atoms with van der Waals surface area (Å²) in [6.07, 6.45) is -0.127. The maximum absolute atomic E-state index is 11.6. The predicted molar refractivity (Wildman–Crippen MR) is 62.4 cm³/mol. The highest BCUT2D eigenvalue weighted by Crippen LogP contribution is 2.03. The molecule has 1 rings (SSSR count). The molecule has 1 heterocycles. The van der Waals surface area contributed by atoms with Gasteiger partial charge in [-0.15, -0.1) is 5.10 Å². The van der Waals surface area contributed by atoms with Gasteiger partial charge in [0, 0.05) is 13.7 Å². The molecule has 3 N–H and O–H groups in total. The first-order valence-corrected chi connectivity index (χ1v) is 5.27. The maximum Gasteiger partial charge on any atom is 0.249 e. The molecule has 0 saturated carbocycles. The molecule has 7 nitrogen and oxygen atoms in total. The number of carbonyl (C=O) groups is 1. The number of nitrogens with zero attached hydrogens (tertiary/aromatic N) is 3. The monoisotopic (exact) mass is 239 g/mol. The Morgan fingerprint density at radius 1 is 1.41 bits per heavy atom. The summed E-state index contributed by atoms with van der Waals surface area (Å²) in [4.78, 5) is 15.7. The van der Waals surface area contributed by atoms with Gasteiger partial charge in [-0.2, -0.15) is 5.10 Å². The van der Waals surface area contributed by atoms with Crippen molar-refractivity contribution >= 4 is 11.9 Å². The van der Waals surface area contributed by atoms with Crippen LogP contribution in [0.5, 0.6) is 0 Å². The van der Waals surface area contributed by atoms with Crippen LogP contribution in [0, 0.1) is 13.8 Å². The van der Waals surface area contributed by atoms with Crippen molar-refractivity contribution in [3.05, 3.63) is 11.4 Å². The SMILES string of the molecule is COC(CN)CC(=O)Nc1nnc(C)c(C)n1. The molecular weight excluding hydrogens is 222 g/mol. The number of nitrogens with one attached hydrogen (secondary N) is 1. The number of rotatable bonds is 5. The third kappa shape index (κ3) is 4.04. The van der Waals surface area contributed by atoms with Crippen LogP contribution in [-0.2, 0) is 9.53 Å². The number of amides is 1. The van der Waals surface area contributed by atoms with Gasteiger partial charge in [-0.1, -0.05) is 0 Å². The third-order valence-corrected chi connectivity index (χ3v) is 2.35. The van der Waals surface area contributed by atoms with Gasteiger partial charge in [0.15, 0.2) is 0 Å². The molecule has 1 atom stereocenters. The second-order valence-corrected chi connectivity index (χ2v) is 3.65. The summed E-state index contributed by atoms with van der Waals surface area (Å²) in [6.45, 7) is 3.89. The molecule has 0 saturated heterocycles. The smallest absolute Gasteiger partial charge is 0.249 e. The van der Waals surface area contributed by atoms with Gasteiger partial charge in [0.05, 0.1) is 23.9 Å². The minimum Gasteiger partial charge on any atom is -0.380 e. The molecule has 94 valence electrons. The topological polar surface area (TPSA) is 103 Å². The number of hydrogen-bond acceptors (Lipinski definition) is 6. The Kier molecular flexibility index (Phi) is 4.92. The molecular formula is C10H17N5O2. The van der Waals surface area contributed by atoms with Crippen LogP contribution < -0.4 is 11.1 Å². The number of aryl methyl sites for hydroxylation is 2. The molecule has 0 radical (unpaired) electrons. The van der Waals surface area contributed by atoms with Crippen molar-refractivity contribution in [3.8, 4) is 0 Å². The van der Waals surface area contributed by atoms with Crippen LogP contribution >= 0.6 is 0 Å². The summed E-state index contributed by atoms with van der Waals surface area (Å²) in [5.41, 5.74) is 6.89. The quantitative estimate of drug-likeness (QED) is 0.737. The van der Waals surface area contributed by atoms with E-state index in [1.165, 1.54) is 7.11 Å². The first kappa shape index (κ1) is 13.5. The molecule has 7 heteroatoms. The van der Waals surface area contributed by atoms with Crippen LogP contribution in [0.25, 0.3) is 0 Å². The van der Waals surface area contributed by atoms with Crippen LogP contribution in [0.3, 0.4) is 0 Å². The molecule has 1 aromatic rings. The molecule has 0 aromatic carbocycles. The summed E-state index contributed by atoms with van der Waals surface area (Å²) >= 11 is 0. The molecule has 0 aliphatic heterocycles. The lowest BCUT2D eigenvalue weighted by atomic mass is 10.2. The Morgan fingerprint density at radius 3 is 2.65 bits per heavy atom. The lowest BCUT2D eigenvalue weighted by Gasteiger charge is -2.11. The molecule has 1 unspecified atom stereocenters. The molecule has 0 bridgehead atoms. The summed E-state index contributed by atoms with van der Waals surface area (Å²) in [5.74, 6) is -0.0441. The lowest BCUT2D eigenvalue weighted by Crippen LogP contribution is -2.28. The number of anilines is 1. The van der Waals surface area contributed by atoms with Gasteiger partial charge in [-0.25, -0.2) is 4.98 Å². The Labute approximate surface area is 99.8 Å². The van der Waals surface area contributed by atoms with Gasteiger partial charge >= 0.3 is 0 Å². The van der Waals surface area contributed by atoms with Crippen LogP contribution in [0.1, 0.15) is 17.8 Å². The number of hydrogen-bond donors (Lipinski definition) is 2. The molecule has 1 aromatic heterocycles. The zero-order valence-electron chi connectivity index (χ0n) is 10.2. The van der Waals surface area contributed by atoms with Crippen LogP contribution in [0.2, 0.25) is 0 Å². The van der Waals surface area contributed by atoms with Crippen LogP contribution in [0.4, 0.5) is 5.95 Å². The van der Waals surface area contributed by atoms with Gasteiger partial charge in [0.2, 0.25) is 11.9 Å². The Bertz CT molecular complexity index is 392. The van der Waals surface area contributed by atoms with Crippen molar-refractivity contribution in [1.29, 1.82) is 0 Å². The highest BCUT2D eigenvalue weighted by Gasteiger charge is 2.13. The van der Waals surface area contributed by atoms with Gasteiger partial charge in [-0.05, 0) is 13.8 Å².